The number of aliphatic hydroxyl groups is 1. The fraction of sp³-hybridized carbons (Fsp3) is 0.600. The van der Waals surface area contributed by atoms with E-state index in [0.717, 1.165) is 18.4 Å². The molecule has 2 amide bonds. The van der Waals surface area contributed by atoms with Crippen LogP contribution in [0.2, 0.25) is 0 Å². The number of amides is 2. The highest BCUT2D eigenvalue weighted by molar-refractivity contribution is 6.62. The van der Waals surface area contributed by atoms with Crippen molar-refractivity contribution in [1.82, 2.24) is 10.2 Å². The van der Waals surface area contributed by atoms with Crippen LogP contribution in [0.1, 0.15) is 52.9 Å². The third kappa shape index (κ3) is 4.46. The van der Waals surface area contributed by atoms with E-state index in [1.165, 1.54) is 22.5 Å². The van der Waals surface area contributed by atoms with Crippen molar-refractivity contribution in [2.75, 3.05) is 6.61 Å². The molecule has 14 heteroatoms. The minimum atomic E-state index is -1.46. The van der Waals surface area contributed by atoms with Crippen LogP contribution >= 0.6 is 0 Å². The molecule has 0 radical (unpaired) electrons. The number of allylic oxidation sites excluding steroid dienone is 2. The van der Waals surface area contributed by atoms with Gasteiger partial charge in [0.05, 0.1) is 24.1 Å². The van der Waals surface area contributed by atoms with Crippen LogP contribution in [0.4, 0.5) is 4.39 Å². The normalized spacial score (nSPS) is 36.8. The lowest BCUT2D eigenvalue weighted by atomic mass is 9.73. The molecule has 2 aliphatic carbocycles. The third-order valence-electron chi connectivity index (χ3n) is 10.3. The summed E-state index contributed by atoms with van der Waals surface area (Å²) in [5.74, 6) is -5.47. The molecule has 5 aliphatic heterocycles. The number of aliphatic imine (C=N–C) groups is 1. The van der Waals surface area contributed by atoms with Gasteiger partial charge in [0.25, 0.3) is 11.4 Å². The van der Waals surface area contributed by atoms with E-state index in [1.807, 2.05) is 13.8 Å². The van der Waals surface area contributed by atoms with Crippen LogP contribution in [0.5, 0.6) is 0 Å². The number of aliphatic carboxylic acids is 2. The van der Waals surface area contributed by atoms with Crippen molar-refractivity contribution in [3.63, 3.8) is 0 Å². The molecule has 2 saturated heterocycles. The number of piperidine rings is 1. The van der Waals surface area contributed by atoms with E-state index in [4.69, 9.17) is 4.74 Å². The standard InChI is InChI=1S/C30H33FN4O8.HI/c1-11-15(23(29(41)42)35-22(11)18(12(2)36)26(35)37)9-30(3)7-6-14-8-16(31)24-25(20(14)33-30)43-10-17-19(13-4-5-13)32-21(28(39)40)27(38)34(17)24;/h8,11-13,18-20,22,25,33,36H,4-7,9-10H2,1-3H3,(H-,39,40,41,42);1H/t11-,12?,18+,19?,20?,22+,25?,30?;/m0./s1. The van der Waals surface area contributed by atoms with Gasteiger partial charge in [0.15, 0.2) is 11.9 Å². The number of carbonyl (C=O) groups excluding carboxylic acids is 2. The van der Waals surface area contributed by atoms with Crippen molar-refractivity contribution in [2.24, 2.45) is 22.7 Å². The van der Waals surface area contributed by atoms with Crippen LogP contribution in [-0.4, -0.2) is 102 Å². The minimum Gasteiger partial charge on any atom is -1.00 e. The molecule has 7 aliphatic rings. The van der Waals surface area contributed by atoms with Gasteiger partial charge in [-0.1, -0.05) is 6.92 Å². The maximum Gasteiger partial charge on any atom is 0.450 e. The van der Waals surface area contributed by atoms with Gasteiger partial charge in [-0.2, -0.15) is 4.39 Å². The Morgan fingerprint density at radius 2 is 1.98 bits per heavy atom. The molecular weight excluding hydrogens is 690 g/mol. The molecule has 3 fully saturated rings. The van der Waals surface area contributed by atoms with E-state index in [9.17, 15) is 34.5 Å². The van der Waals surface area contributed by atoms with Gasteiger partial charge in [0.1, 0.15) is 18.3 Å². The Kier molecular flexibility index (Phi) is 7.53. The first kappa shape index (κ1) is 31.2. The lowest BCUT2D eigenvalue weighted by molar-refractivity contribution is -0.421. The number of rotatable bonds is 6. The molecule has 236 valence electrons. The van der Waals surface area contributed by atoms with Gasteiger partial charge in [0, 0.05) is 11.5 Å². The number of hydrogen-bond acceptors (Lipinski definition) is 8. The van der Waals surface area contributed by atoms with E-state index in [1.54, 1.807) is 0 Å². The molecule has 7 rings (SSSR count). The molecule has 0 aromatic rings. The second-order valence-electron chi connectivity index (χ2n) is 13.2. The second kappa shape index (κ2) is 10.6. The number of ether oxygens (including phenoxy) is 1. The number of halogens is 2. The first-order valence-corrected chi connectivity index (χ1v) is 14.8. The van der Waals surface area contributed by atoms with Crippen LogP contribution in [0, 0.1) is 17.8 Å². The summed E-state index contributed by atoms with van der Waals surface area (Å²) >= 11 is 0. The molecule has 0 bridgehead atoms. The fourth-order valence-electron chi connectivity index (χ4n) is 8.09. The summed E-state index contributed by atoms with van der Waals surface area (Å²) < 4.78 is 23.3. The van der Waals surface area contributed by atoms with Crippen molar-refractivity contribution in [3.05, 3.63) is 34.4 Å². The monoisotopic (exact) mass is 724 g/mol. The van der Waals surface area contributed by atoms with E-state index in [0.29, 0.717) is 30.5 Å². The number of carboxylic acids is 2. The number of fused-ring (bicyclic) bond motifs is 5. The van der Waals surface area contributed by atoms with Crippen LogP contribution in [0.3, 0.4) is 0 Å². The first-order valence-electron chi connectivity index (χ1n) is 14.8. The molecule has 1 saturated carbocycles. The Morgan fingerprint density at radius 1 is 1.27 bits per heavy atom. The van der Waals surface area contributed by atoms with Crippen molar-refractivity contribution in [2.45, 2.75) is 88.7 Å². The van der Waals surface area contributed by atoms with E-state index in [-0.39, 0.29) is 53.8 Å². The van der Waals surface area contributed by atoms with Crippen LogP contribution in [0.25, 0.3) is 0 Å². The van der Waals surface area contributed by atoms with E-state index < -0.39 is 77.1 Å². The highest BCUT2D eigenvalue weighted by atomic mass is 127. The lowest BCUT2D eigenvalue weighted by Gasteiger charge is -2.47. The molecule has 4 N–H and O–H groups in total. The Balaban J connectivity index is 0.00000343. The Morgan fingerprint density at radius 3 is 2.59 bits per heavy atom. The van der Waals surface area contributed by atoms with Gasteiger partial charge in [-0.05, 0) is 69.1 Å². The van der Waals surface area contributed by atoms with Gasteiger partial charge in [-0.15, -0.1) is 4.58 Å². The third-order valence-corrected chi connectivity index (χ3v) is 10.3. The van der Waals surface area contributed by atoms with E-state index in [2.05, 4.69) is 10.3 Å². The summed E-state index contributed by atoms with van der Waals surface area (Å²) in [7, 11) is 0. The zero-order valence-electron chi connectivity index (χ0n) is 24.4. The highest BCUT2D eigenvalue weighted by Crippen LogP contribution is 2.50. The van der Waals surface area contributed by atoms with Crippen molar-refractivity contribution < 1.29 is 72.2 Å². The highest BCUT2D eigenvalue weighted by Gasteiger charge is 2.61. The molecule has 44 heavy (non-hydrogen) atoms. The van der Waals surface area contributed by atoms with Gasteiger partial charge in [-0.3, -0.25) is 9.79 Å². The number of aliphatic hydroxyl groups excluding tert-OH is 1. The number of nitrogens with zero attached hydrogens (tertiary/aromatic N) is 3. The van der Waals surface area contributed by atoms with Crippen molar-refractivity contribution in [3.8, 4) is 0 Å². The first-order chi connectivity index (χ1) is 20.3. The zero-order valence-corrected chi connectivity index (χ0v) is 26.6. The zero-order chi connectivity index (χ0) is 30.7. The summed E-state index contributed by atoms with van der Waals surface area (Å²) in [5, 5.41) is 33.6. The minimum absolute atomic E-state index is 0. The Labute approximate surface area is 269 Å². The number of β-lactam (4-membered cyclic amide) rings is 1. The molecule has 5 unspecified atom stereocenters. The van der Waals surface area contributed by atoms with Gasteiger partial charge in [0.2, 0.25) is 11.6 Å². The van der Waals surface area contributed by atoms with Crippen molar-refractivity contribution >= 4 is 35.2 Å². The lowest BCUT2D eigenvalue weighted by Crippen LogP contribution is -3.00. The van der Waals surface area contributed by atoms with Gasteiger partial charge in [-0.25, -0.2) is 14.4 Å². The number of hydrogen-bond donors (Lipinski definition) is 4. The number of carboxylic acid groups (broad SMARTS) is 2. The largest absolute Gasteiger partial charge is 1.00 e. The molecule has 0 aromatic carbocycles. The SMILES string of the molecule is CC(O)[C@H]1C(=O)N2C(C(=O)O)=C(CC3(C)CCC4=CC(F)=C5C(OCC6=[N+]5C(=O)C(C(=O)O)=NC6C5CC5)C4N3)[C@H](C)[C@H]12.[I-]. The van der Waals surface area contributed by atoms with Crippen LogP contribution in [-0.2, 0) is 23.9 Å². The number of nitrogens with one attached hydrogen (secondary N) is 1. The summed E-state index contributed by atoms with van der Waals surface area (Å²) in [4.78, 5) is 56.1. The van der Waals surface area contributed by atoms with Gasteiger partial charge < -0.3 is 54.2 Å². The molecule has 5 heterocycles. The smallest absolute Gasteiger partial charge is 0.450 e. The summed E-state index contributed by atoms with van der Waals surface area (Å²) in [6, 6.07) is -1.55. The summed E-state index contributed by atoms with van der Waals surface area (Å²) in [6.07, 6.45) is 2.55. The summed E-state index contributed by atoms with van der Waals surface area (Å²) in [5.41, 5.74) is 0.423. The molecule has 8 atom stereocenters. The number of carbonyl (C=O) groups is 4. The fourth-order valence-corrected chi connectivity index (χ4v) is 8.09. The van der Waals surface area contributed by atoms with Gasteiger partial charge >= 0.3 is 17.8 Å². The molecule has 0 aromatic heterocycles. The average Bonchev–Trinajstić information content (AvgIpc) is 3.75. The topological polar surface area (TPSA) is 169 Å². The molecule has 0 spiro atoms. The Hall–Kier alpha value is -2.82. The maximum atomic E-state index is 15.8. The molecular formula is C30H34FIN4O8. The second-order valence-corrected chi connectivity index (χ2v) is 13.2. The van der Waals surface area contributed by atoms with E-state index >= 15 is 4.39 Å². The maximum absolute atomic E-state index is 15.8. The average molecular weight is 725 g/mol. The quantitative estimate of drug-likeness (QED) is 0.136. The predicted octanol–water partition coefficient (Wildman–Crippen LogP) is -2.09. The predicted molar refractivity (Wildman–Crippen MR) is 147 cm³/mol. The van der Waals surface area contributed by atoms with Crippen LogP contribution < -0.4 is 29.3 Å². The summed E-state index contributed by atoms with van der Waals surface area (Å²) in [6.45, 7) is 5.36. The van der Waals surface area contributed by atoms with Crippen molar-refractivity contribution in [1.29, 1.82) is 0 Å². The van der Waals surface area contributed by atoms with Crippen LogP contribution in [0.15, 0.2) is 39.4 Å². The Bertz CT molecular complexity index is 1560. The molecule has 12 nitrogen and oxygen atoms in total.